The largest absolute Gasteiger partial charge is 0.497 e. The molecule has 45 heavy (non-hydrogen) atoms. The number of ether oxygens (including phenoxy) is 5. The Morgan fingerprint density at radius 3 is 2.73 bits per heavy atom. The average molecular weight is 617 g/mol. The number of H-pyrrole nitrogens is 1. The van der Waals surface area contributed by atoms with Crippen LogP contribution in [-0.4, -0.2) is 67.5 Å². The van der Waals surface area contributed by atoms with Gasteiger partial charge in [0.1, 0.15) is 23.9 Å². The van der Waals surface area contributed by atoms with Crippen molar-refractivity contribution >= 4 is 17.3 Å². The lowest BCUT2D eigenvalue weighted by Crippen LogP contribution is -2.43. The third-order valence-electron chi connectivity index (χ3n) is 8.35. The Bertz CT molecular complexity index is 1690. The number of aromatic nitrogens is 2. The molecule has 0 spiro atoms. The number of anilines is 2. The molecule has 2 aliphatic rings. The van der Waals surface area contributed by atoms with Gasteiger partial charge in [0.05, 0.1) is 56.3 Å². The molecule has 2 aliphatic heterocycles. The number of para-hydroxylation sites is 1. The summed E-state index contributed by atoms with van der Waals surface area (Å²) in [6.07, 6.45) is 5.83. The van der Waals surface area contributed by atoms with Crippen molar-refractivity contribution in [2.75, 3.05) is 39.9 Å². The molecule has 4 aromatic rings. The van der Waals surface area contributed by atoms with Crippen molar-refractivity contribution in [2.45, 2.75) is 44.9 Å². The van der Waals surface area contributed by atoms with Crippen LogP contribution >= 0.6 is 0 Å². The van der Waals surface area contributed by atoms with Crippen LogP contribution in [0.5, 0.6) is 23.0 Å². The highest BCUT2D eigenvalue weighted by Gasteiger charge is 2.36. The fourth-order valence-electron chi connectivity index (χ4n) is 6.02. The second-order valence-electron chi connectivity index (χ2n) is 11.2. The zero-order valence-corrected chi connectivity index (χ0v) is 25.8. The average Bonchev–Trinajstić information content (AvgIpc) is 3.70. The number of fused-ring (bicyclic) bond motifs is 1. The topological polar surface area (TPSA) is 107 Å². The molecule has 0 radical (unpaired) electrons. The molecule has 1 amide bonds. The monoisotopic (exact) mass is 616 g/mol. The molecule has 2 aromatic carbocycles. The summed E-state index contributed by atoms with van der Waals surface area (Å²) in [7, 11) is 4.60. The van der Waals surface area contributed by atoms with Gasteiger partial charge in [-0.3, -0.25) is 9.78 Å². The predicted molar refractivity (Wildman–Crippen MR) is 167 cm³/mol. The van der Waals surface area contributed by atoms with E-state index in [0.717, 1.165) is 30.7 Å². The maximum Gasteiger partial charge on any atom is 0.258 e. The van der Waals surface area contributed by atoms with Crippen LogP contribution in [0.15, 0.2) is 54.9 Å². The quantitative estimate of drug-likeness (QED) is 0.207. The summed E-state index contributed by atoms with van der Waals surface area (Å²) >= 11 is 0. The summed E-state index contributed by atoms with van der Waals surface area (Å²) in [5, 5.41) is 3.35. The lowest BCUT2D eigenvalue weighted by atomic mass is 9.97. The van der Waals surface area contributed by atoms with Gasteiger partial charge in [-0.15, -0.1) is 0 Å². The molecule has 0 aliphatic carbocycles. The first-order valence-electron chi connectivity index (χ1n) is 15.0. The Kier molecular flexibility index (Phi) is 8.79. The number of amides is 1. The molecule has 2 atom stereocenters. The Balaban J connectivity index is 1.43. The second kappa shape index (κ2) is 13.1. The van der Waals surface area contributed by atoms with Gasteiger partial charge in [-0.1, -0.05) is 6.07 Å². The van der Waals surface area contributed by atoms with Crippen LogP contribution in [0.2, 0.25) is 0 Å². The van der Waals surface area contributed by atoms with Crippen molar-refractivity contribution in [3.63, 3.8) is 0 Å². The fraction of sp³-hybridized carbons (Fsp3) is 0.353. The van der Waals surface area contributed by atoms with Crippen LogP contribution in [0.3, 0.4) is 0 Å². The number of pyridine rings is 1. The summed E-state index contributed by atoms with van der Waals surface area (Å²) in [5.74, 6) is 1.17. The zero-order valence-electron chi connectivity index (χ0n) is 25.8. The van der Waals surface area contributed by atoms with E-state index < -0.39 is 5.82 Å². The van der Waals surface area contributed by atoms with E-state index in [1.807, 2.05) is 30.0 Å². The van der Waals surface area contributed by atoms with Crippen molar-refractivity contribution in [1.29, 1.82) is 0 Å². The number of hydrogen-bond acceptors (Lipinski definition) is 8. The molecule has 4 heterocycles. The number of carbonyl (C=O) groups excluding carboxylic acids is 1. The van der Waals surface area contributed by atoms with Gasteiger partial charge in [0.2, 0.25) is 0 Å². The van der Waals surface area contributed by atoms with Gasteiger partial charge in [0, 0.05) is 54.7 Å². The van der Waals surface area contributed by atoms with Crippen molar-refractivity contribution in [2.24, 2.45) is 0 Å². The van der Waals surface area contributed by atoms with E-state index >= 15 is 0 Å². The van der Waals surface area contributed by atoms with Crippen molar-refractivity contribution in [3.8, 4) is 34.3 Å². The standard InChI is InChI=1S/C34H37FN4O6/c1-20-15-27-30(34(40)39(20)18-21-10-11-22(41-2)16-28(21)42-3)32(37-26-9-5-8-25(35)33(26)43-4)31(38-27)24-12-13-36-17-29(24)45-19-23-7-6-14-44-23/h5,8-13,16-17,20,23,37-38H,6-7,14-15,18-19H2,1-4H3/t20?,23-/m0/s1. The van der Waals surface area contributed by atoms with Crippen LogP contribution in [0.1, 0.15) is 41.4 Å². The number of nitrogens with one attached hydrogen (secondary N) is 2. The predicted octanol–water partition coefficient (Wildman–Crippen LogP) is 6.13. The lowest BCUT2D eigenvalue weighted by molar-refractivity contribution is 0.0648. The van der Waals surface area contributed by atoms with Crippen LogP contribution in [0.25, 0.3) is 11.3 Å². The van der Waals surface area contributed by atoms with Gasteiger partial charge >= 0.3 is 0 Å². The van der Waals surface area contributed by atoms with Gasteiger partial charge in [-0.2, -0.15) is 0 Å². The first-order valence-corrected chi connectivity index (χ1v) is 15.0. The minimum absolute atomic E-state index is 0.00925. The molecule has 1 saturated heterocycles. The van der Waals surface area contributed by atoms with E-state index in [4.69, 9.17) is 23.7 Å². The Labute approximate surface area is 261 Å². The third-order valence-corrected chi connectivity index (χ3v) is 8.35. The molecule has 236 valence electrons. The smallest absolute Gasteiger partial charge is 0.258 e. The van der Waals surface area contributed by atoms with Crippen LogP contribution in [0.4, 0.5) is 15.8 Å². The Hall–Kier alpha value is -4.77. The minimum atomic E-state index is -0.522. The second-order valence-corrected chi connectivity index (χ2v) is 11.2. The van der Waals surface area contributed by atoms with Crippen molar-refractivity contribution in [1.82, 2.24) is 14.9 Å². The highest BCUT2D eigenvalue weighted by Crippen LogP contribution is 2.44. The molecule has 0 saturated carbocycles. The lowest BCUT2D eigenvalue weighted by Gasteiger charge is -2.34. The third kappa shape index (κ3) is 6.00. The van der Waals surface area contributed by atoms with Gasteiger partial charge in [-0.05, 0) is 50.1 Å². The Morgan fingerprint density at radius 2 is 1.98 bits per heavy atom. The summed E-state index contributed by atoms with van der Waals surface area (Å²) in [4.78, 5) is 24.1. The van der Waals surface area contributed by atoms with Crippen LogP contribution < -0.4 is 24.3 Å². The molecule has 1 fully saturated rings. The first-order chi connectivity index (χ1) is 21.9. The summed E-state index contributed by atoms with van der Waals surface area (Å²) < 4.78 is 43.2. The number of hydrogen-bond donors (Lipinski definition) is 2. The van der Waals surface area contributed by atoms with Crippen molar-refractivity contribution < 1.29 is 32.9 Å². The molecule has 10 nitrogen and oxygen atoms in total. The van der Waals surface area contributed by atoms with Crippen LogP contribution in [-0.2, 0) is 17.7 Å². The summed E-state index contributed by atoms with van der Waals surface area (Å²) in [6, 6.07) is 11.9. The summed E-state index contributed by atoms with van der Waals surface area (Å²) in [6.45, 7) is 3.44. The maximum absolute atomic E-state index is 14.8. The number of rotatable bonds is 11. The van der Waals surface area contributed by atoms with E-state index in [0.29, 0.717) is 65.0 Å². The van der Waals surface area contributed by atoms with Gasteiger partial charge in [0.15, 0.2) is 11.6 Å². The molecule has 6 rings (SSSR count). The van der Waals surface area contributed by atoms with Crippen molar-refractivity contribution in [3.05, 3.63) is 77.5 Å². The number of aromatic amines is 1. The molecule has 11 heteroatoms. The van der Waals surface area contributed by atoms with E-state index in [2.05, 4.69) is 15.3 Å². The fourth-order valence-corrected chi connectivity index (χ4v) is 6.02. The van der Waals surface area contributed by atoms with E-state index in [-0.39, 0.29) is 23.8 Å². The molecular weight excluding hydrogens is 579 g/mol. The van der Waals surface area contributed by atoms with E-state index in [1.165, 1.54) is 13.2 Å². The van der Waals surface area contributed by atoms with Gasteiger partial charge in [0.25, 0.3) is 5.91 Å². The van der Waals surface area contributed by atoms with Gasteiger partial charge in [-0.25, -0.2) is 4.39 Å². The van der Waals surface area contributed by atoms with E-state index in [9.17, 15) is 9.18 Å². The van der Waals surface area contributed by atoms with Crippen LogP contribution in [0, 0.1) is 5.82 Å². The number of nitrogens with zero attached hydrogens (tertiary/aromatic N) is 2. The minimum Gasteiger partial charge on any atom is -0.497 e. The first kappa shape index (κ1) is 30.3. The number of methoxy groups -OCH3 is 3. The number of halogens is 1. The number of benzene rings is 2. The Morgan fingerprint density at radius 1 is 1.11 bits per heavy atom. The maximum atomic E-state index is 14.8. The highest BCUT2D eigenvalue weighted by molar-refractivity contribution is 6.07. The van der Waals surface area contributed by atoms with Gasteiger partial charge < -0.3 is 38.9 Å². The normalized spacial score (nSPS) is 17.6. The number of carbonyl (C=O) groups is 1. The molecule has 0 bridgehead atoms. The van der Waals surface area contributed by atoms with E-state index in [1.54, 1.807) is 44.8 Å². The molecular formula is C34H37FN4O6. The highest BCUT2D eigenvalue weighted by atomic mass is 19.1. The SMILES string of the molecule is COc1ccc(CN2C(=O)c3c([nH]c(-c4ccncc4OC[C@@H]4CCCO4)c3Nc3cccc(F)c3OC)CC2C)c(OC)c1. The molecule has 2 N–H and O–H groups in total. The summed E-state index contributed by atoms with van der Waals surface area (Å²) in [5.41, 5.74) is 4.28. The zero-order chi connectivity index (χ0) is 31.5. The molecule has 2 aromatic heterocycles. The molecule has 1 unspecified atom stereocenters.